The van der Waals surface area contributed by atoms with Crippen LogP contribution in [0.5, 0.6) is 0 Å². The maximum atomic E-state index is 14.1. The number of carbonyl (C=O) groups excluding carboxylic acids is 1. The number of carbonyl (C=O) groups is 1. The fraction of sp³-hybridized carbons (Fsp3) is 0.452. The molecule has 13 heteroatoms. The lowest BCUT2D eigenvalue weighted by atomic mass is 9.80. The molecule has 1 saturated carbocycles. The SMILES string of the molecule is CCOP(=O)(CC)Cc1ccc(Nc2ncc(C(F)(F)F)c(Nc3ccc(C4CCC(O)CC4)c4c3C(=O)N(C)C4)n2)cc1. The molecule has 1 atom stereocenters. The number of alkyl halides is 3. The van der Waals surface area contributed by atoms with Crippen molar-refractivity contribution in [3.05, 3.63) is 70.4 Å². The molecule has 1 aromatic heterocycles. The van der Waals surface area contributed by atoms with Crippen LogP contribution in [-0.2, 0) is 28.0 Å². The van der Waals surface area contributed by atoms with Gasteiger partial charge in [0.15, 0.2) is 0 Å². The maximum Gasteiger partial charge on any atom is 0.421 e. The molecule has 1 aliphatic heterocycles. The lowest BCUT2D eigenvalue weighted by Gasteiger charge is -2.27. The van der Waals surface area contributed by atoms with Crippen LogP contribution in [0.1, 0.15) is 78.1 Å². The zero-order valence-corrected chi connectivity index (χ0v) is 25.8. The van der Waals surface area contributed by atoms with E-state index in [9.17, 15) is 27.6 Å². The lowest BCUT2D eigenvalue weighted by molar-refractivity contribution is -0.137. The van der Waals surface area contributed by atoms with Gasteiger partial charge in [-0.05, 0) is 73.4 Å². The number of fused-ring (bicyclic) bond motifs is 1. The predicted molar refractivity (Wildman–Crippen MR) is 163 cm³/mol. The molecule has 0 spiro atoms. The summed E-state index contributed by atoms with van der Waals surface area (Å²) in [6.07, 6.45) is -0.772. The number of amides is 1. The monoisotopic (exact) mass is 631 g/mol. The van der Waals surface area contributed by atoms with Gasteiger partial charge in [-0.3, -0.25) is 9.36 Å². The fourth-order valence-electron chi connectivity index (χ4n) is 5.91. The molecule has 1 fully saturated rings. The van der Waals surface area contributed by atoms with Crippen LogP contribution in [0.15, 0.2) is 42.6 Å². The van der Waals surface area contributed by atoms with Gasteiger partial charge in [0, 0.05) is 37.8 Å². The summed E-state index contributed by atoms with van der Waals surface area (Å²) in [6.45, 7) is 4.33. The molecule has 1 aliphatic carbocycles. The third-order valence-corrected chi connectivity index (χ3v) is 10.8. The standard InChI is InChI=1S/C31H37F3N5O4P/c1-4-43-44(42,5-2)18-19-6-10-21(11-7-19)36-30-35-16-25(31(32,33)34)28(38-30)37-26-15-14-23(20-8-12-22(40)13-9-20)24-17-39(3)29(41)27(24)26/h6-7,10-11,14-16,20,22,40H,4-5,8-9,12-13,17-18H2,1-3H3,(H2,35,36,37,38). The van der Waals surface area contributed by atoms with E-state index < -0.39 is 24.9 Å². The first-order valence-corrected chi connectivity index (χ1v) is 16.8. The quantitative estimate of drug-likeness (QED) is 0.198. The van der Waals surface area contributed by atoms with Crippen LogP contribution in [-0.4, -0.2) is 51.8 Å². The van der Waals surface area contributed by atoms with Gasteiger partial charge in [0.25, 0.3) is 5.91 Å². The molecule has 2 aliphatic rings. The summed E-state index contributed by atoms with van der Waals surface area (Å²) in [5, 5.41) is 15.7. The van der Waals surface area contributed by atoms with Crippen LogP contribution in [0.4, 0.5) is 36.3 Å². The maximum absolute atomic E-state index is 14.1. The highest BCUT2D eigenvalue weighted by Gasteiger charge is 2.37. The van der Waals surface area contributed by atoms with E-state index in [4.69, 9.17) is 4.52 Å². The predicted octanol–water partition coefficient (Wildman–Crippen LogP) is 7.42. The Balaban J connectivity index is 1.43. The first-order valence-electron chi connectivity index (χ1n) is 14.8. The van der Waals surface area contributed by atoms with Crippen molar-refractivity contribution in [3.63, 3.8) is 0 Å². The van der Waals surface area contributed by atoms with Crippen molar-refractivity contribution >= 4 is 36.4 Å². The van der Waals surface area contributed by atoms with Crippen molar-refractivity contribution in [3.8, 4) is 0 Å². The van der Waals surface area contributed by atoms with E-state index in [1.165, 1.54) is 0 Å². The Bertz CT molecular complexity index is 1560. The summed E-state index contributed by atoms with van der Waals surface area (Å²) in [5.74, 6) is -0.664. The van der Waals surface area contributed by atoms with E-state index in [0.717, 1.165) is 29.5 Å². The van der Waals surface area contributed by atoms with Gasteiger partial charge in [-0.1, -0.05) is 25.1 Å². The molecule has 0 radical (unpaired) electrons. The number of halogens is 3. The van der Waals surface area contributed by atoms with Gasteiger partial charge in [-0.2, -0.15) is 18.2 Å². The number of nitrogens with one attached hydrogen (secondary N) is 2. The van der Waals surface area contributed by atoms with Crippen molar-refractivity contribution in [2.24, 2.45) is 0 Å². The summed E-state index contributed by atoms with van der Waals surface area (Å²) in [7, 11) is -1.13. The highest BCUT2D eigenvalue weighted by Crippen LogP contribution is 2.50. The summed E-state index contributed by atoms with van der Waals surface area (Å²) in [5.41, 5.74) is 2.64. The third-order valence-electron chi connectivity index (χ3n) is 8.27. The van der Waals surface area contributed by atoms with Crippen molar-refractivity contribution in [1.82, 2.24) is 14.9 Å². The Kier molecular flexibility index (Phi) is 9.34. The molecule has 0 saturated heterocycles. The van der Waals surface area contributed by atoms with Crippen LogP contribution in [0.2, 0.25) is 0 Å². The smallest absolute Gasteiger partial charge is 0.393 e. The summed E-state index contributed by atoms with van der Waals surface area (Å²) >= 11 is 0. The number of anilines is 4. The minimum atomic E-state index is -4.75. The molecule has 2 heterocycles. The zero-order chi connectivity index (χ0) is 31.6. The number of aliphatic hydroxyl groups excluding tert-OH is 1. The van der Waals surface area contributed by atoms with Gasteiger partial charge in [0.05, 0.1) is 24.0 Å². The number of benzene rings is 2. The van der Waals surface area contributed by atoms with Crippen LogP contribution in [0, 0.1) is 0 Å². The topological polar surface area (TPSA) is 117 Å². The first-order chi connectivity index (χ1) is 20.9. The van der Waals surface area contributed by atoms with Crippen LogP contribution < -0.4 is 10.6 Å². The Morgan fingerprint density at radius 3 is 2.41 bits per heavy atom. The van der Waals surface area contributed by atoms with Crippen molar-refractivity contribution in [2.75, 3.05) is 30.5 Å². The molecule has 1 unspecified atom stereocenters. The zero-order valence-electron chi connectivity index (χ0n) is 24.9. The van der Waals surface area contributed by atoms with Gasteiger partial charge in [0.2, 0.25) is 13.3 Å². The van der Waals surface area contributed by atoms with Crippen molar-refractivity contribution in [2.45, 2.75) is 70.4 Å². The molecule has 236 valence electrons. The number of aliphatic hydroxyl groups is 1. The number of nitrogens with zero attached hydrogens (tertiary/aromatic N) is 3. The second-order valence-corrected chi connectivity index (χ2v) is 14.2. The highest BCUT2D eigenvalue weighted by atomic mass is 31.2. The van der Waals surface area contributed by atoms with E-state index >= 15 is 0 Å². The molecule has 9 nitrogen and oxygen atoms in total. The minimum absolute atomic E-state index is 0.0701. The van der Waals surface area contributed by atoms with E-state index in [-0.39, 0.29) is 35.7 Å². The van der Waals surface area contributed by atoms with Crippen LogP contribution >= 0.6 is 7.37 Å². The molecule has 5 rings (SSSR count). The van der Waals surface area contributed by atoms with E-state index in [1.54, 1.807) is 49.2 Å². The Morgan fingerprint density at radius 1 is 1.07 bits per heavy atom. The molecule has 3 N–H and O–H groups in total. The second-order valence-electron chi connectivity index (χ2n) is 11.3. The number of hydrogen-bond donors (Lipinski definition) is 3. The summed E-state index contributed by atoms with van der Waals surface area (Å²) in [4.78, 5) is 22.8. The number of aromatic nitrogens is 2. The highest BCUT2D eigenvalue weighted by molar-refractivity contribution is 7.58. The van der Waals surface area contributed by atoms with Gasteiger partial charge in [0.1, 0.15) is 11.4 Å². The van der Waals surface area contributed by atoms with Crippen LogP contribution in [0.3, 0.4) is 0 Å². The lowest BCUT2D eigenvalue weighted by Crippen LogP contribution is -2.18. The number of rotatable bonds is 10. The van der Waals surface area contributed by atoms with Crippen molar-refractivity contribution < 1.29 is 32.2 Å². The van der Waals surface area contributed by atoms with E-state index in [1.807, 2.05) is 13.0 Å². The second kappa shape index (κ2) is 12.9. The minimum Gasteiger partial charge on any atom is -0.393 e. The average Bonchev–Trinajstić information content (AvgIpc) is 3.28. The van der Waals surface area contributed by atoms with E-state index in [2.05, 4.69) is 20.6 Å². The van der Waals surface area contributed by atoms with Gasteiger partial charge in [-0.25, -0.2) is 4.98 Å². The average molecular weight is 632 g/mol. The fourth-order valence-corrected chi connectivity index (χ4v) is 7.64. The normalized spacial score (nSPS) is 19.9. The molecule has 1 amide bonds. The number of hydrogen-bond acceptors (Lipinski definition) is 8. The summed E-state index contributed by atoms with van der Waals surface area (Å²) in [6, 6.07) is 10.5. The van der Waals surface area contributed by atoms with E-state index in [0.29, 0.717) is 49.6 Å². The Hall–Kier alpha value is -3.47. The molecule has 2 aromatic carbocycles. The molecule has 3 aromatic rings. The third kappa shape index (κ3) is 6.92. The van der Waals surface area contributed by atoms with Gasteiger partial charge < -0.3 is 25.2 Å². The van der Waals surface area contributed by atoms with Gasteiger partial charge >= 0.3 is 6.18 Å². The first kappa shape index (κ1) is 31.9. The largest absolute Gasteiger partial charge is 0.421 e. The molecule has 44 heavy (non-hydrogen) atoms. The molecule has 0 bridgehead atoms. The van der Waals surface area contributed by atoms with Crippen LogP contribution in [0.25, 0.3) is 0 Å². The molecular formula is C31H37F3N5O4P. The van der Waals surface area contributed by atoms with Gasteiger partial charge in [-0.15, -0.1) is 0 Å². The Morgan fingerprint density at radius 2 is 1.77 bits per heavy atom. The molecular weight excluding hydrogens is 594 g/mol. The summed E-state index contributed by atoms with van der Waals surface area (Å²) < 4.78 is 60.5. The Labute approximate surface area is 254 Å². The van der Waals surface area contributed by atoms with Crippen molar-refractivity contribution in [1.29, 1.82) is 0 Å².